The molecule has 0 aliphatic carbocycles. The Hall–Kier alpha value is -1.13. The molecular formula is C13H19N3S. The number of rotatable bonds is 5. The number of thiophene rings is 1. The minimum Gasteiger partial charge on any atom is -0.302 e. The number of H-pyrrole nitrogens is 1. The van der Waals surface area contributed by atoms with Gasteiger partial charge in [0.25, 0.3) is 0 Å². The first-order valence-electron chi connectivity index (χ1n) is 5.96. The van der Waals surface area contributed by atoms with Gasteiger partial charge in [0.05, 0.1) is 6.20 Å². The molecule has 0 bridgehead atoms. The highest BCUT2D eigenvalue weighted by Gasteiger charge is 2.19. The van der Waals surface area contributed by atoms with Crippen molar-refractivity contribution in [3.05, 3.63) is 40.3 Å². The van der Waals surface area contributed by atoms with Gasteiger partial charge in [-0.1, -0.05) is 19.9 Å². The second-order valence-electron chi connectivity index (χ2n) is 4.66. The summed E-state index contributed by atoms with van der Waals surface area (Å²) in [6.45, 7) is 6.67. The highest BCUT2D eigenvalue weighted by atomic mass is 32.1. The Morgan fingerprint density at radius 2 is 2.18 bits per heavy atom. The highest BCUT2D eigenvalue weighted by Crippen LogP contribution is 2.28. The lowest BCUT2D eigenvalue weighted by Gasteiger charge is -2.25. The van der Waals surface area contributed by atoms with E-state index in [4.69, 9.17) is 0 Å². The molecule has 0 fully saturated rings. The van der Waals surface area contributed by atoms with Crippen molar-refractivity contribution in [1.82, 2.24) is 15.5 Å². The van der Waals surface area contributed by atoms with E-state index in [0.717, 1.165) is 0 Å². The first-order valence-corrected chi connectivity index (χ1v) is 6.84. The average Bonchev–Trinajstić information content (AvgIpc) is 2.97. The van der Waals surface area contributed by atoms with Gasteiger partial charge >= 0.3 is 0 Å². The maximum Gasteiger partial charge on any atom is 0.0534 e. The molecule has 2 heterocycles. The van der Waals surface area contributed by atoms with Gasteiger partial charge in [-0.3, -0.25) is 5.10 Å². The van der Waals surface area contributed by atoms with Crippen LogP contribution in [0.2, 0.25) is 0 Å². The van der Waals surface area contributed by atoms with Gasteiger partial charge in [0.15, 0.2) is 0 Å². The minimum atomic E-state index is 0.309. The van der Waals surface area contributed by atoms with Crippen molar-refractivity contribution in [2.75, 3.05) is 0 Å². The van der Waals surface area contributed by atoms with E-state index in [1.54, 1.807) is 0 Å². The number of aromatic amines is 1. The molecule has 0 aliphatic heterocycles. The van der Waals surface area contributed by atoms with E-state index in [9.17, 15) is 0 Å². The molecule has 92 valence electrons. The predicted octanol–water partition coefficient (Wildman–Crippen LogP) is 3.52. The van der Waals surface area contributed by atoms with Gasteiger partial charge in [-0.05, 0) is 24.3 Å². The Balaban J connectivity index is 2.09. The number of nitrogens with zero attached hydrogens (tertiary/aromatic N) is 1. The topological polar surface area (TPSA) is 40.7 Å². The zero-order chi connectivity index (χ0) is 12.3. The molecule has 2 aromatic rings. The summed E-state index contributed by atoms with van der Waals surface area (Å²) in [6.07, 6.45) is 3.83. The molecule has 3 nitrogen and oxygen atoms in total. The van der Waals surface area contributed by atoms with Crippen molar-refractivity contribution in [1.29, 1.82) is 0 Å². The van der Waals surface area contributed by atoms with Crippen molar-refractivity contribution >= 4 is 11.3 Å². The van der Waals surface area contributed by atoms with Gasteiger partial charge in [0.1, 0.15) is 0 Å². The van der Waals surface area contributed by atoms with Crippen LogP contribution < -0.4 is 5.32 Å². The normalized spacial score (nSPS) is 15.1. The van der Waals surface area contributed by atoms with Gasteiger partial charge in [0.2, 0.25) is 0 Å². The third kappa shape index (κ3) is 2.96. The van der Waals surface area contributed by atoms with Gasteiger partial charge in [-0.25, -0.2) is 0 Å². The van der Waals surface area contributed by atoms with Crippen LogP contribution in [0.4, 0.5) is 0 Å². The molecule has 2 unspecified atom stereocenters. The van der Waals surface area contributed by atoms with Gasteiger partial charge in [-0.15, -0.1) is 11.3 Å². The maximum atomic E-state index is 4.00. The molecule has 0 spiro atoms. The number of aromatic nitrogens is 2. The molecule has 4 heteroatoms. The van der Waals surface area contributed by atoms with E-state index >= 15 is 0 Å². The molecule has 0 saturated carbocycles. The molecule has 2 N–H and O–H groups in total. The van der Waals surface area contributed by atoms with Gasteiger partial charge < -0.3 is 5.32 Å². The fraction of sp³-hybridized carbons (Fsp3) is 0.462. The summed E-state index contributed by atoms with van der Waals surface area (Å²) >= 11 is 1.81. The minimum absolute atomic E-state index is 0.309. The van der Waals surface area contributed by atoms with Crippen LogP contribution in [0.15, 0.2) is 29.9 Å². The van der Waals surface area contributed by atoms with Crippen molar-refractivity contribution in [2.24, 2.45) is 5.92 Å². The van der Waals surface area contributed by atoms with Crippen LogP contribution in [0.1, 0.15) is 43.3 Å². The lowest BCUT2D eigenvalue weighted by molar-refractivity contribution is 0.379. The quantitative estimate of drug-likeness (QED) is 0.851. The summed E-state index contributed by atoms with van der Waals surface area (Å²) in [5, 5.41) is 12.7. The number of nitrogens with one attached hydrogen (secondary N) is 2. The maximum absolute atomic E-state index is 4.00. The lowest BCUT2D eigenvalue weighted by atomic mass is 10.0. The Bertz CT molecular complexity index is 419. The predicted molar refractivity (Wildman–Crippen MR) is 72.0 cm³/mol. The second kappa shape index (κ2) is 5.47. The first kappa shape index (κ1) is 12.3. The monoisotopic (exact) mass is 249 g/mol. The second-order valence-corrected chi connectivity index (χ2v) is 5.64. The van der Waals surface area contributed by atoms with E-state index in [1.807, 2.05) is 23.7 Å². The molecule has 0 amide bonds. The molecular weight excluding hydrogens is 230 g/mol. The van der Waals surface area contributed by atoms with Crippen LogP contribution in [0.25, 0.3) is 0 Å². The van der Waals surface area contributed by atoms with Gasteiger partial charge in [-0.2, -0.15) is 5.10 Å². The fourth-order valence-electron chi connectivity index (χ4n) is 1.93. The first-order chi connectivity index (χ1) is 8.18. The largest absolute Gasteiger partial charge is 0.302 e. The molecule has 2 atom stereocenters. The summed E-state index contributed by atoms with van der Waals surface area (Å²) in [5.74, 6) is 0.572. The molecule has 2 rings (SSSR count). The van der Waals surface area contributed by atoms with Crippen LogP contribution >= 0.6 is 11.3 Å². The third-order valence-electron chi connectivity index (χ3n) is 2.97. The third-order valence-corrected chi connectivity index (χ3v) is 3.92. The van der Waals surface area contributed by atoms with Crippen LogP contribution in [-0.4, -0.2) is 10.2 Å². The zero-order valence-electron chi connectivity index (χ0n) is 10.5. The summed E-state index contributed by atoms with van der Waals surface area (Å²) in [6, 6.07) is 5.02. The smallest absolute Gasteiger partial charge is 0.0534 e. The van der Waals surface area contributed by atoms with E-state index in [-0.39, 0.29) is 0 Å². The summed E-state index contributed by atoms with van der Waals surface area (Å²) in [7, 11) is 0. The molecule has 2 aromatic heterocycles. The molecule has 0 saturated heterocycles. The summed E-state index contributed by atoms with van der Waals surface area (Å²) in [5.41, 5.74) is 1.20. The lowest BCUT2D eigenvalue weighted by Crippen LogP contribution is -2.27. The van der Waals surface area contributed by atoms with Crippen LogP contribution in [0.3, 0.4) is 0 Å². The van der Waals surface area contributed by atoms with Crippen molar-refractivity contribution in [3.8, 4) is 0 Å². The van der Waals surface area contributed by atoms with E-state index in [2.05, 4.69) is 53.8 Å². The number of hydrogen-bond donors (Lipinski definition) is 2. The Labute approximate surface area is 106 Å². The van der Waals surface area contributed by atoms with Crippen molar-refractivity contribution in [3.63, 3.8) is 0 Å². The van der Waals surface area contributed by atoms with Crippen LogP contribution in [-0.2, 0) is 0 Å². The standard InChI is InChI=1S/C13H19N3S/c1-9(2)13(12-5-4-6-17-12)16-10(3)11-7-14-15-8-11/h4-10,13,16H,1-3H3,(H,14,15). The fourth-order valence-corrected chi connectivity index (χ4v) is 2.89. The zero-order valence-corrected chi connectivity index (χ0v) is 11.3. The van der Waals surface area contributed by atoms with E-state index in [1.165, 1.54) is 10.4 Å². The Morgan fingerprint density at radius 1 is 1.35 bits per heavy atom. The summed E-state index contributed by atoms with van der Waals surface area (Å²) < 4.78 is 0. The van der Waals surface area contributed by atoms with E-state index < -0.39 is 0 Å². The molecule has 0 aromatic carbocycles. The van der Waals surface area contributed by atoms with Crippen LogP contribution in [0, 0.1) is 5.92 Å². The van der Waals surface area contributed by atoms with Crippen LogP contribution in [0.5, 0.6) is 0 Å². The Morgan fingerprint density at radius 3 is 2.71 bits per heavy atom. The molecule has 0 radical (unpaired) electrons. The van der Waals surface area contributed by atoms with Crippen molar-refractivity contribution in [2.45, 2.75) is 32.9 Å². The van der Waals surface area contributed by atoms with E-state index in [0.29, 0.717) is 18.0 Å². The number of hydrogen-bond acceptors (Lipinski definition) is 3. The highest BCUT2D eigenvalue weighted by molar-refractivity contribution is 7.10. The SMILES string of the molecule is CC(NC(c1cccs1)C(C)C)c1cn[nH]c1. The molecule has 17 heavy (non-hydrogen) atoms. The van der Waals surface area contributed by atoms with Crippen molar-refractivity contribution < 1.29 is 0 Å². The summed E-state index contributed by atoms with van der Waals surface area (Å²) in [4.78, 5) is 1.40. The Kier molecular flexibility index (Phi) is 3.97. The average molecular weight is 249 g/mol. The van der Waals surface area contributed by atoms with Gasteiger partial charge in [0, 0.05) is 28.7 Å². The molecule has 0 aliphatic rings.